The highest BCUT2D eigenvalue weighted by Crippen LogP contribution is 2.35. The maximum absolute atomic E-state index is 12.3. The highest BCUT2D eigenvalue weighted by Gasteiger charge is 2.46. The summed E-state index contributed by atoms with van der Waals surface area (Å²) in [5, 5.41) is 3.20. The average Bonchev–Trinajstić information content (AvgIpc) is 2.91. The van der Waals surface area contributed by atoms with Gasteiger partial charge in [-0.3, -0.25) is 24.1 Å². The van der Waals surface area contributed by atoms with Crippen molar-refractivity contribution in [2.75, 3.05) is 18.5 Å². The minimum absolute atomic E-state index is 0.0264. The van der Waals surface area contributed by atoms with Crippen molar-refractivity contribution in [3.63, 3.8) is 0 Å². The van der Waals surface area contributed by atoms with E-state index in [9.17, 15) is 19.2 Å². The number of rotatable bonds is 6. The fourth-order valence-corrected chi connectivity index (χ4v) is 3.69. The molecule has 1 aliphatic carbocycles. The van der Waals surface area contributed by atoms with Crippen LogP contribution in [0.2, 0.25) is 5.02 Å². The van der Waals surface area contributed by atoms with Crippen molar-refractivity contribution >= 4 is 41.0 Å². The standard InChI is InChI=1S/C20H21ClN2O5/c1-12-10-13(21)6-7-16(12)22-17(24)11-28-18(25)8-9-23-19(26)14-4-2-3-5-15(14)20(23)27/h2-3,6-7,10,14-15H,4-5,8-9,11H2,1H3,(H,22,24)/t14-,15+. The molecule has 7 nitrogen and oxygen atoms in total. The Morgan fingerprint density at radius 2 is 1.82 bits per heavy atom. The van der Waals surface area contributed by atoms with Crippen LogP contribution in [0, 0.1) is 18.8 Å². The zero-order valence-electron chi connectivity index (χ0n) is 15.4. The minimum Gasteiger partial charge on any atom is -0.456 e. The molecule has 8 heteroatoms. The number of halogens is 1. The third-order valence-corrected chi connectivity index (χ3v) is 5.20. The van der Waals surface area contributed by atoms with Crippen molar-refractivity contribution in [3.8, 4) is 0 Å². The monoisotopic (exact) mass is 404 g/mol. The Labute approximate surface area is 167 Å². The number of allylic oxidation sites excluding steroid dienone is 2. The zero-order valence-corrected chi connectivity index (χ0v) is 16.2. The van der Waals surface area contributed by atoms with Crippen LogP contribution in [0.25, 0.3) is 0 Å². The van der Waals surface area contributed by atoms with Gasteiger partial charge in [0.25, 0.3) is 5.91 Å². The van der Waals surface area contributed by atoms with Gasteiger partial charge >= 0.3 is 5.97 Å². The Balaban J connectivity index is 1.44. The second kappa shape index (κ2) is 8.56. The van der Waals surface area contributed by atoms with Crippen LogP contribution in [0.3, 0.4) is 0 Å². The summed E-state index contributed by atoms with van der Waals surface area (Å²) in [5.74, 6) is -2.23. The Morgan fingerprint density at radius 1 is 1.18 bits per heavy atom. The zero-order chi connectivity index (χ0) is 20.3. The van der Waals surface area contributed by atoms with E-state index in [1.165, 1.54) is 0 Å². The first-order valence-corrected chi connectivity index (χ1v) is 9.46. The van der Waals surface area contributed by atoms with E-state index in [0.29, 0.717) is 23.6 Å². The van der Waals surface area contributed by atoms with Crippen molar-refractivity contribution in [2.45, 2.75) is 26.2 Å². The summed E-state index contributed by atoms with van der Waals surface area (Å²) in [6, 6.07) is 5.02. The lowest BCUT2D eigenvalue weighted by Crippen LogP contribution is -2.33. The second-order valence-corrected chi connectivity index (χ2v) is 7.34. The number of esters is 1. The summed E-state index contributed by atoms with van der Waals surface area (Å²) in [6.07, 6.45) is 4.79. The summed E-state index contributed by atoms with van der Waals surface area (Å²) in [7, 11) is 0. The van der Waals surface area contributed by atoms with Gasteiger partial charge < -0.3 is 10.1 Å². The molecule has 1 saturated heterocycles. The first-order chi connectivity index (χ1) is 13.4. The number of likely N-dealkylation sites (tertiary alicyclic amines) is 1. The Hall–Kier alpha value is -2.67. The number of nitrogens with zero attached hydrogens (tertiary/aromatic N) is 1. The molecule has 0 bridgehead atoms. The number of hydrogen-bond acceptors (Lipinski definition) is 5. The summed E-state index contributed by atoms with van der Waals surface area (Å²) >= 11 is 5.87. The van der Waals surface area contributed by atoms with Gasteiger partial charge in [-0.25, -0.2) is 0 Å². The number of hydrogen-bond donors (Lipinski definition) is 1. The van der Waals surface area contributed by atoms with Gasteiger partial charge in [-0.05, 0) is 43.5 Å². The lowest BCUT2D eigenvalue weighted by Gasteiger charge is -2.14. The number of fused-ring (bicyclic) bond motifs is 1. The third kappa shape index (κ3) is 4.42. The van der Waals surface area contributed by atoms with E-state index < -0.39 is 18.5 Å². The minimum atomic E-state index is -0.642. The van der Waals surface area contributed by atoms with Crippen LogP contribution in [-0.2, 0) is 23.9 Å². The molecule has 1 N–H and O–H groups in total. The maximum Gasteiger partial charge on any atom is 0.308 e. The van der Waals surface area contributed by atoms with Gasteiger partial charge in [0.2, 0.25) is 11.8 Å². The average molecular weight is 405 g/mol. The predicted molar refractivity (Wildman–Crippen MR) is 102 cm³/mol. The Bertz CT molecular complexity index is 825. The number of imide groups is 1. The molecule has 1 heterocycles. The molecule has 2 atom stereocenters. The van der Waals surface area contributed by atoms with E-state index in [1.54, 1.807) is 25.1 Å². The smallest absolute Gasteiger partial charge is 0.308 e. The normalized spacial score (nSPS) is 20.9. The number of amides is 3. The van der Waals surface area contributed by atoms with Crippen LogP contribution in [-0.4, -0.2) is 41.7 Å². The molecule has 1 aromatic rings. The first kappa shape index (κ1) is 20.1. The number of carbonyl (C=O) groups is 4. The van der Waals surface area contributed by atoms with Gasteiger partial charge in [0, 0.05) is 17.3 Å². The third-order valence-electron chi connectivity index (χ3n) is 4.97. The largest absolute Gasteiger partial charge is 0.456 e. The van der Waals surface area contributed by atoms with Crippen molar-refractivity contribution in [3.05, 3.63) is 40.9 Å². The Kier molecular flexibility index (Phi) is 6.14. The first-order valence-electron chi connectivity index (χ1n) is 9.08. The van der Waals surface area contributed by atoms with Gasteiger partial charge in [-0.1, -0.05) is 23.8 Å². The van der Waals surface area contributed by atoms with Crippen molar-refractivity contribution < 1.29 is 23.9 Å². The fraction of sp³-hybridized carbons (Fsp3) is 0.400. The quantitative estimate of drug-likeness (QED) is 0.446. The highest BCUT2D eigenvalue weighted by atomic mass is 35.5. The van der Waals surface area contributed by atoms with E-state index >= 15 is 0 Å². The van der Waals surface area contributed by atoms with E-state index in [4.69, 9.17) is 16.3 Å². The summed E-state index contributed by atoms with van der Waals surface area (Å²) in [5.41, 5.74) is 1.36. The SMILES string of the molecule is Cc1cc(Cl)ccc1NC(=O)COC(=O)CCN1C(=O)[C@H]2CC=CC[C@H]2C1=O. The topological polar surface area (TPSA) is 92.8 Å². The number of carbonyl (C=O) groups excluding carboxylic acids is 4. The van der Waals surface area contributed by atoms with Crippen LogP contribution >= 0.6 is 11.6 Å². The van der Waals surface area contributed by atoms with E-state index in [-0.39, 0.29) is 36.6 Å². The molecule has 1 aliphatic heterocycles. The van der Waals surface area contributed by atoms with Gasteiger partial charge in [0.1, 0.15) is 0 Å². The number of aryl methyl sites for hydroxylation is 1. The molecular weight excluding hydrogens is 384 g/mol. The fourth-order valence-electron chi connectivity index (χ4n) is 3.46. The molecule has 0 spiro atoms. The number of ether oxygens (including phenoxy) is 1. The molecule has 0 radical (unpaired) electrons. The van der Waals surface area contributed by atoms with Crippen LogP contribution in [0.5, 0.6) is 0 Å². The molecule has 1 fully saturated rings. The van der Waals surface area contributed by atoms with Crippen LogP contribution < -0.4 is 5.32 Å². The molecule has 1 aromatic carbocycles. The number of nitrogens with one attached hydrogen (secondary N) is 1. The number of benzene rings is 1. The van der Waals surface area contributed by atoms with E-state index in [1.807, 2.05) is 12.2 Å². The molecule has 0 saturated carbocycles. The molecule has 3 rings (SSSR count). The van der Waals surface area contributed by atoms with Crippen molar-refractivity contribution in [1.82, 2.24) is 4.90 Å². The van der Waals surface area contributed by atoms with Crippen LogP contribution in [0.1, 0.15) is 24.8 Å². The lowest BCUT2D eigenvalue weighted by molar-refractivity contribution is -0.148. The van der Waals surface area contributed by atoms with Crippen molar-refractivity contribution in [2.24, 2.45) is 11.8 Å². The van der Waals surface area contributed by atoms with Gasteiger partial charge in [0.15, 0.2) is 6.61 Å². The van der Waals surface area contributed by atoms with E-state index in [2.05, 4.69) is 5.32 Å². The second-order valence-electron chi connectivity index (χ2n) is 6.90. The molecule has 3 amide bonds. The lowest BCUT2D eigenvalue weighted by atomic mass is 9.85. The van der Waals surface area contributed by atoms with Gasteiger partial charge in [-0.15, -0.1) is 0 Å². The molecule has 0 unspecified atom stereocenters. The van der Waals surface area contributed by atoms with Crippen molar-refractivity contribution in [1.29, 1.82) is 0 Å². The maximum atomic E-state index is 12.3. The van der Waals surface area contributed by atoms with Gasteiger partial charge in [0.05, 0.1) is 18.3 Å². The van der Waals surface area contributed by atoms with Crippen LogP contribution in [0.4, 0.5) is 5.69 Å². The number of anilines is 1. The summed E-state index contributed by atoms with van der Waals surface area (Å²) in [4.78, 5) is 49.7. The molecule has 2 aliphatic rings. The molecule has 28 heavy (non-hydrogen) atoms. The molecular formula is C20H21ClN2O5. The summed E-state index contributed by atoms with van der Waals surface area (Å²) < 4.78 is 4.95. The van der Waals surface area contributed by atoms with Gasteiger partial charge in [-0.2, -0.15) is 0 Å². The predicted octanol–water partition coefficient (Wildman–Crippen LogP) is 2.47. The molecule has 148 valence electrons. The highest BCUT2D eigenvalue weighted by molar-refractivity contribution is 6.30. The van der Waals surface area contributed by atoms with E-state index in [0.717, 1.165) is 10.5 Å². The summed E-state index contributed by atoms with van der Waals surface area (Å²) in [6.45, 7) is 1.32. The molecule has 0 aromatic heterocycles. The van der Waals surface area contributed by atoms with Crippen LogP contribution in [0.15, 0.2) is 30.4 Å². The Morgan fingerprint density at radius 3 is 2.43 bits per heavy atom.